The molecule has 0 bridgehead atoms. The van der Waals surface area contributed by atoms with Crippen LogP contribution in [0.1, 0.15) is 35.2 Å². The quantitative estimate of drug-likeness (QED) is 0.806. The molecule has 1 heterocycles. The third kappa shape index (κ3) is 4.29. The number of carboxylic acids is 1. The number of carbonyl (C=O) groups is 1. The first-order chi connectivity index (χ1) is 10.6. The topological polar surface area (TPSA) is 70.0 Å². The number of likely N-dealkylation sites (tertiary alicyclic amines) is 1. The Kier molecular flexibility index (Phi) is 5.94. The molecule has 1 aliphatic heterocycles. The zero-order valence-corrected chi connectivity index (χ0v) is 13.1. The number of carboxylic acid groups (broad SMARTS) is 1. The normalized spacial score (nSPS) is 22.6. The Bertz CT molecular complexity index is 488. The van der Waals surface area contributed by atoms with Crippen LogP contribution in [0.3, 0.4) is 0 Å². The maximum atomic E-state index is 10.9. The zero-order valence-electron chi connectivity index (χ0n) is 13.1. The standard InChI is InChI=1S/C17H25NO4/c1-22-10-8-17(13-19)7-2-9-18(12-17)11-14-3-5-15(6-4-14)16(20)21/h3-6,19H,2,7-13H2,1H3,(H,20,21)/t17-/m1/s1. The lowest BCUT2D eigenvalue weighted by Gasteiger charge is -2.42. The highest BCUT2D eigenvalue weighted by Gasteiger charge is 2.34. The van der Waals surface area contributed by atoms with Crippen LogP contribution in [0.4, 0.5) is 0 Å². The Morgan fingerprint density at radius 3 is 2.68 bits per heavy atom. The molecule has 1 fully saturated rings. The van der Waals surface area contributed by atoms with Crippen molar-refractivity contribution in [3.63, 3.8) is 0 Å². The number of aliphatic hydroxyl groups is 1. The van der Waals surface area contributed by atoms with E-state index in [4.69, 9.17) is 9.84 Å². The van der Waals surface area contributed by atoms with Crippen molar-refractivity contribution in [3.05, 3.63) is 35.4 Å². The summed E-state index contributed by atoms with van der Waals surface area (Å²) in [7, 11) is 1.69. The summed E-state index contributed by atoms with van der Waals surface area (Å²) >= 11 is 0. The third-order valence-corrected chi connectivity index (χ3v) is 4.52. The van der Waals surface area contributed by atoms with Crippen molar-refractivity contribution in [2.24, 2.45) is 5.41 Å². The Morgan fingerprint density at radius 2 is 2.09 bits per heavy atom. The second kappa shape index (κ2) is 7.72. The van der Waals surface area contributed by atoms with Gasteiger partial charge in [-0.05, 0) is 43.5 Å². The fraction of sp³-hybridized carbons (Fsp3) is 0.588. The number of ether oxygens (including phenoxy) is 1. The maximum absolute atomic E-state index is 10.9. The minimum absolute atomic E-state index is 0.0741. The van der Waals surface area contributed by atoms with E-state index in [1.54, 1.807) is 19.2 Å². The van der Waals surface area contributed by atoms with Crippen LogP contribution in [0.5, 0.6) is 0 Å². The molecule has 1 aromatic carbocycles. The number of rotatable bonds is 7. The van der Waals surface area contributed by atoms with Gasteiger partial charge in [0.05, 0.1) is 12.2 Å². The predicted octanol–water partition coefficient (Wildman–Crippen LogP) is 2.00. The van der Waals surface area contributed by atoms with Crippen LogP contribution < -0.4 is 0 Å². The van der Waals surface area contributed by atoms with Gasteiger partial charge in [0.1, 0.15) is 0 Å². The van der Waals surface area contributed by atoms with Gasteiger partial charge in [-0.1, -0.05) is 12.1 Å². The number of methoxy groups -OCH3 is 1. The molecule has 1 aromatic rings. The summed E-state index contributed by atoms with van der Waals surface area (Å²) in [4.78, 5) is 13.2. The van der Waals surface area contributed by atoms with Gasteiger partial charge in [0, 0.05) is 32.2 Å². The molecule has 0 amide bonds. The highest BCUT2D eigenvalue weighted by molar-refractivity contribution is 5.87. The molecule has 22 heavy (non-hydrogen) atoms. The van der Waals surface area contributed by atoms with Crippen LogP contribution in [0.25, 0.3) is 0 Å². The van der Waals surface area contributed by atoms with Gasteiger partial charge in [0.15, 0.2) is 0 Å². The second-order valence-electron chi connectivity index (χ2n) is 6.22. The Balaban J connectivity index is 1.98. The van der Waals surface area contributed by atoms with Crippen molar-refractivity contribution in [2.75, 3.05) is 33.4 Å². The fourth-order valence-electron chi connectivity index (χ4n) is 3.19. The minimum Gasteiger partial charge on any atom is -0.478 e. The highest BCUT2D eigenvalue weighted by Crippen LogP contribution is 2.33. The summed E-state index contributed by atoms with van der Waals surface area (Å²) in [5.41, 5.74) is 1.34. The molecule has 2 N–H and O–H groups in total. The minimum atomic E-state index is -0.900. The molecule has 1 atom stereocenters. The van der Waals surface area contributed by atoms with E-state index in [2.05, 4.69) is 4.90 Å². The zero-order chi connectivity index (χ0) is 16.0. The van der Waals surface area contributed by atoms with Crippen molar-refractivity contribution in [1.82, 2.24) is 4.90 Å². The van der Waals surface area contributed by atoms with Crippen LogP contribution in [0.15, 0.2) is 24.3 Å². The lowest BCUT2D eigenvalue weighted by Crippen LogP contribution is -2.45. The van der Waals surface area contributed by atoms with Crippen LogP contribution in [0, 0.1) is 5.41 Å². The van der Waals surface area contributed by atoms with E-state index in [1.807, 2.05) is 12.1 Å². The number of piperidine rings is 1. The molecule has 0 spiro atoms. The molecule has 0 aromatic heterocycles. The maximum Gasteiger partial charge on any atom is 0.335 e. The van der Waals surface area contributed by atoms with Gasteiger partial charge in [-0.15, -0.1) is 0 Å². The molecule has 0 unspecified atom stereocenters. The van der Waals surface area contributed by atoms with Crippen molar-refractivity contribution in [3.8, 4) is 0 Å². The monoisotopic (exact) mass is 307 g/mol. The smallest absolute Gasteiger partial charge is 0.335 e. The van der Waals surface area contributed by atoms with E-state index in [0.717, 1.165) is 44.5 Å². The third-order valence-electron chi connectivity index (χ3n) is 4.52. The van der Waals surface area contributed by atoms with Gasteiger partial charge < -0.3 is 14.9 Å². The fourth-order valence-corrected chi connectivity index (χ4v) is 3.19. The lowest BCUT2D eigenvalue weighted by molar-refractivity contribution is 0.00476. The van der Waals surface area contributed by atoms with E-state index < -0.39 is 5.97 Å². The van der Waals surface area contributed by atoms with Crippen molar-refractivity contribution >= 4 is 5.97 Å². The number of aromatic carboxylic acids is 1. The van der Waals surface area contributed by atoms with Crippen LogP contribution in [-0.2, 0) is 11.3 Å². The Morgan fingerprint density at radius 1 is 1.36 bits per heavy atom. The predicted molar refractivity (Wildman–Crippen MR) is 83.9 cm³/mol. The first-order valence-electron chi connectivity index (χ1n) is 7.73. The molecule has 5 nitrogen and oxygen atoms in total. The molecular formula is C17H25NO4. The van der Waals surface area contributed by atoms with Crippen molar-refractivity contribution in [1.29, 1.82) is 0 Å². The molecule has 0 radical (unpaired) electrons. The number of hydrogen-bond donors (Lipinski definition) is 2. The van der Waals surface area contributed by atoms with Crippen molar-refractivity contribution in [2.45, 2.75) is 25.8 Å². The summed E-state index contributed by atoms with van der Waals surface area (Å²) in [6.45, 7) is 3.50. The van der Waals surface area contributed by atoms with Gasteiger partial charge in [0.2, 0.25) is 0 Å². The first kappa shape index (κ1) is 16.9. The van der Waals surface area contributed by atoms with E-state index >= 15 is 0 Å². The summed E-state index contributed by atoms with van der Waals surface area (Å²) < 4.78 is 5.18. The number of benzene rings is 1. The SMILES string of the molecule is COCC[C@]1(CO)CCCN(Cc2ccc(C(=O)O)cc2)C1. The Labute approximate surface area is 131 Å². The molecule has 1 aliphatic rings. The summed E-state index contributed by atoms with van der Waals surface area (Å²) in [5.74, 6) is -0.900. The van der Waals surface area contributed by atoms with Crippen LogP contribution in [0.2, 0.25) is 0 Å². The van der Waals surface area contributed by atoms with Gasteiger partial charge in [-0.2, -0.15) is 0 Å². The summed E-state index contributed by atoms with van der Waals surface area (Å²) in [6.07, 6.45) is 2.97. The van der Waals surface area contributed by atoms with Crippen LogP contribution >= 0.6 is 0 Å². The lowest BCUT2D eigenvalue weighted by atomic mass is 9.78. The van der Waals surface area contributed by atoms with Gasteiger partial charge in [-0.3, -0.25) is 4.90 Å². The first-order valence-corrected chi connectivity index (χ1v) is 7.73. The molecule has 5 heteroatoms. The molecular weight excluding hydrogens is 282 g/mol. The molecule has 0 saturated carbocycles. The van der Waals surface area contributed by atoms with E-state index in [-0.39, 0.29) is 12.0 Å². The summed E-state index contributed by atoms with van der Waals surface area (Å²) in [5, 5.41) is 18.7. The van der Waals surface area contributed by atoms with Crippen LogP contribution in [-0.4, -0.2) is 54.5 Å². The largest absolute Gasteiger partial charge is 0.478 e. The molecule has 2 rings (SSSR count). The average molecular weight is 307 g/mol. The number of hydrogen-bond acceptors (Lipinski definition) is 4. The Hall–Kier alpha value is -1.43. The average Bonchev–Trinajstić information content (AvgIpc) is 2.54. The summed E-state index contributed by atoms with van der Waals surface area (Å²) in [6, 6.07) is 7.03. The van der Waals surface area contributed by atoms with Gasteiger partial charge in [0.25, 0.3) is 0 Å². The molecule has 122 valence electrons. The number of nitrogens with zero attached hydrogens (tertiary/aromatic N) is 1. The van der Waals surface area contributed by atoms with Gasteiger partial charge >= 0.3 is 5.97 Å². The second-order valence-corrected chi connectivity index (χ2v) is 6.22. The highest BCUT2D eigenvalue weighted by atomic mass is 16.5. The molecule has 1 saturated heterocycles. The van der Waals surface area contributed by atoms with Gasteiger partial charge in [-0.25, -0.2) is 4.79 Å². The van der Waals surface area contributed by atoms with E-state index in [0.29, 0.717) is 12.2 Å². The van der Waals surface area contributed by atoms with E-state index in [1.165, 1.54) is 0 Å². The molecule has 0 aliphatic carbocycles. The van der Waals surface area contributed by atoms with E-state index in [9.17, 15) is 9.90 Å². The van der Waals surface area contributed by atoms with Crippen molar-refractivity contribution < 1.29 is 19.7 Å². The number of aliphatic hydroxyl groups excluding tert-OH is 1.